The van der Waals surface area contributed by atoms with Crippen LogP contribution in [0.15, 0.2) is 24.3 Å². The maximum Gasteiger partial charge on any atom is 0.451 e. The maximum absolute atomic E-state index is 12.5. The fourth-order valence-corrected chi connectivity index (χ4v) is 1.41. The van der Waals surface area contributed by atoms with Crippen LogP contribution in [0.4, 0.5) is 14.5 Å². The van der Waals surface area contributed by atoms with Crippen molar-refractivity contribution < 1.29 is 23.0 Å². The fraction of sp³-hybridized carbons (Fsp3) is 0.364. The van der Waals surface area contributed by atoms with E-state index in [1.165, 1.54) is 24.3 Å². The van der Waals surface area contributed by atoms with Gasteiger partial charge in [0.25, 0.3) is 0 Å². The Labute approximate surface area is 117 Å². The van der Waals surface area contributed by atoms with E-state index in [2.05, 4.69) is 10.1 Å². The van der Waals surface area contributed by atoms with Crippen LogP contribution in [0.2, 0.25) is 0 Å². The van der Waals surface area contributed by atoms with E-state index in [9.17, 15) is 13.6 Å². The van der Waals surface area contributed by atoms with Crippen LogP contribution in [-0.2, 0) is 9.53 Å². The van der Waals surface area contributed by atoms with Crippen LogP contribution >= 0.6 is 22.6 Å². The molecule has 0 atom stereocenters. The van der Waals surface area contributed by atoms with Gasteiger partial charge in [0.15, 0.2) is 0 Å². The maximum atomic E-state index is 12.5. The van der Waals surface area contributed by atoms with Crippen LogP contribution in [0.5, 0.6) is 5.75 Å². The highest BCUT2D eigenvalue weighted by molar-refractivity contribution is 14.1. The number of anilines is 1. The van der Waals surface area contributed by atoms with Crippen molar-refractivity contribution in [1.82, 2.24) is 0 Å². The van der Waals surface area contributed by atoms with Gasteiger partial charge in [-0.25, -0.2) is 0 Å². The minimum Gasteiger partial charge on any atom is -0.465 e. The molecule has 0 aliphatic heterocycles. The van der Waals surface area contributed by atoms with Crippen LogP contribution < -0.4 is 10.1 Å². The molecule has 1 N–H and O–H groups in total. The molecule has 0 amide bonds. The van der Waals surface area contributed by atoms with Gasteiger partial charge in [-0.3, -0.25) is 4.79 Å². The summed E-state index contributed by atoms with van der Waals surface area (Å²) in [4.78, 5) is 11.1. The molecule has 0 aliphatic carbocycles. The second kappa shape index (κ2) is 6.72. The summed E-state index contributed by atoms with van der Waals surface area (Å²) in [5, 5.41) is 2.80. The number of hydrogen-bond acceptors (Lipinski definition) is 4. The smallest absolute Gasteiger partial charge is 0.451 e. The molecule has 0 saturated carbocycles. The van der Waals surface area contributed by atoms with Gasteiger partial charge in [0.1, 0.15) is 12.3 Å². The van der Waals surface area contributed by atoms with E-state index < -0.39 is 4.12 Å². The average molecular weight is 371 g/mol. The van der Waals surface area contributed by atoms with E-state index in [-0.39, 0.29) is 18.3 Å². The van der Waals surface area contributed by atoms with Crippen LogP contribution in [0.1, 0.15) is 6.92 Å². The molecule has 0 unspecified atom stereocenters. The molecule has 0 spiro atoms. The van der Waals surface area contributed by atoms with Crippen molar-refractivity contribution in [3.8, 4) is 5.75 Å². The first-order valence-corrected chi connectivity index (χ1v) is 6.24. The van der Waals surface area contributed by atoms with Crippen molar-refractivity contribution in [2.45, 2.75) is 11.0 Å². The topological polar surface area (TPSA) is 47.6 Å². The SMILES string of the molecule is CCOC(=O)CNc1ccc(OC(F)(F)I)cc1. The number of carbonyl (C=O) groups is 1. The summed E-state index contributed by atoms with van der Waals surface area (Å²) in [6.07, 6.45) is 0. The first-order valence-electron chi connectivity index (χ1n) is 5.16. The van der Waals surface area contributed by atoms with Gasteiger partial charge in [0.2, 0.25) is 0 Å². The molecule has 0 fully saturated rings. The van der Waals surface area contributed by atoms with E-state index in [0.29, 0.717) is 12.3 Å². The number of nitrogens with one attached hydrogen (secondary N) is 1. The van der Waals surface area contributed by atoms with Crippen LogP contribution in [0.25, 0.3) is 0 Å². The highest BCUT2D eigenvalue weighted by atomic mass is 127. The summed E-state index contributed by atoms with van der Waals surface area (Å²) in [6, 6.07) is 5.86. The fourth-order valence-electron chi connectivity index (χ4n) is 1.16. The first kappa shape index (κ1) is 14.9. The van der Waals surface area contributed by atoms with Crippen LogP contribution in [-0.4, -0.2) is 23.2 Å². The number of alkyl halides is 3. The van der Waals surface area contributed by atoms with Gasteiger partial charge >= 0.3 is 10.1 Å². The van der Waals surface area contributed by atoms with Crippen molar-refractivity contribution in [1.29, 1.82) is 0 Å². The Hall–Kier alpha value is -1.12. The van der Waals surface area contributed by atoms with Gasteiger partial charge in [0.05, 0.1) is 29.2 Å². The average Bonchev–Trinajstić information content (AvgIpc) is 2.26. The lowest BCUT2D eigenvalue weighted by molar-refractivity contribution is -0.140. The normalized spacial score (nSPS) is 10.9. The molecule has 0 aromatic heterocycles. The first-order chi connectivity index (χ1) is 8.40. The third-order valence-corrected chi connectivity index (χ3v) is 2.05. The monoisotopic (exact) mass is 371 g/mol. The number of hydrogen-bond donors (Lipinski definition) is 1. The Balaban J connectivity index is 2.48. The van der Waals surface area contributed by atoms with Crippen molar-refractivity contribution in [2.75, 3.05) is 18.5 Å². The molecular formula is C11H12F2INO3. The van der Waals surface area contributed by atoms with Gasteiger partial charge in [0, 0.05) is 5.69 Å². The Morgan fingerprint density at radius 1 is 1.39 bits per heavy atom. The predicted molar refractivity (Wildman–Crippen MR) is 71.2 cm³/mol. The van der Waals surface area contributed by atoms with E-state index in [1.54, 1.807) is 6.92 Å². The third kappa shape index (κ3) is 5.99. The molecule has 0 bridgehead atoms. The van der Waals surface area contributed by atoms with Crippen molar-refractivity contribution in [2.24, 2.45) is 0 Å². The molecule has 0 aliphatic rings. The summed E-state index contributed by atoms with van der Waals surface area (Å²) in [5.41, 5.74) is 0.618. The lowest BCUT2D eigenvalue weighted by Gasteiger charge is -2.12. The molecule has 100 valence electrons. The quantitative estimate of drug-likeness (QED) is 0.475. The van der Waals surface area contributed by atoms with Gasteiger partial charge in [-0.15, -0.1) is 0 Å². The molecule has 1 rings (SSSR count). The lowest BCUT2D eigenvalue weighted by atomic mass is 10.3. The van der Waals surface area contributed by atoms with Gasteiger partial charge in [-0.2, -0.15) is 8.78 Å². The van der Waals surface area contributed by atoms with Crippen LogP contribution in [0, 0.1) is 0 Å². The van der Waals surface area contributed by atoms with Gasteiger partial charge in [-0.1, -0.05) is 0 Å². The van der Waals surface area contributed by atoms with E-state index >= 15 is 0 Å². The number of rotatable bonds is 6. The Morgan fingerprint density at radius 2 is 2.00 bits per heavy atom. The van der Waals surface area contributed by atoms with E-state index in [0.717, 1.165) is 22.6 Å². The Kier molecular flexibility index (Phi) is 5.57. The van der Waals surface area contributed by atoms with Gasteiger partial charge < -0.3 is 14.8 Å². The molecule has 18 heavy (non-hydrogen) atoms. The molecule has 7 heteroatoms. The Morgan fingerprint density at radius 3 is 2.50 bits per heavy atom. The third-order valence-electron chi connectivity index (χ3n) is 1.83. The van der Waals surface area contributed by atoms with Crippen molar-refractivity contribution in [3.63, 3.8) is 0 Å². The summed E-state index contributed by atoms with van der Waals surface area (Å²) in [5.74, 6) is -0.326. The number of halogens is 3. The second-order valence-corrected chi connectivity index (χ2v) is 4.49. The van der Waals surface area contributed by atoms with Crippen LogP contribution in [0.3, 0.4) is 0 Å². The van der Waals surface area contributed by atoms with Gasteiger partial charge in [-0.05, 0) is 31.2 Å². The minimum atomic E-state index is -3.24. The zero-order valence-corrected chi connectivity index (χ0v) is 11.7. The molecule has 0 heterocycles. The molecule has 0 saturated heterocycles. The highest BCUT2D eigenvalue weighted by Crippen LogP contribution is 2.27. The predicted octanol–water partition coefficient (Wildman–Crippen LogP) is 3.03. The molecule has 4 nitrogen and oxygen atoms in total. The zero-order valence-electron chi connectivity index (χ0n) is 9.58. The largest absolute Gasteiger partial charge is 0.465 e. The molecule has 0 radical (unpaired) electrons. The lowest BCUT2D eigenvalue weighted by Crippen LogP contribution is -2.17. The molecular weight excluding hydrogens is 359 g/mol. The number of esters is 1. The summed E-state index contributed by atoms with van der Waals surface area (Å²) in [6.45, 7) is 2.06. The number of carbonyl (C=O) groups excluding carboxylic acids is 1. The number of benzene rings is 1. The van der Waals surface area contributed by atoms with Crippen molar-refractivity contribution in [3.05, 3.63) is 24.3 Å². The molecule has 1 aromatic rings. The van der Waals surface area contributed by atoms with Crippen molar-refractivity contribution >= 4 is 34.2 Å². The standard InChI is InChI=1S/C11H12F2INO3/c1-2-17-10(16)7-15-8-3-5-9(6-4-8)18-11(12,13)14/h3-6,15H,2,7H2,1H3. The minimum absolute atomic E-state index is 0.0243. The zero-order chi connectivity index (χ0) is 13.6. The second-order valence-electron chi connectivity index (χ2n) is 3.23. The highest BCUT2D eigenvalue weighted by Gasteiger charge is 2.25. The van der Waals surface area contributed by atoms with E-state index in [1.807, 2.05) is 0 Å². The summed E-state index contributed by atoms with van der Waals surface area (Å²) >= 11 is 0.891. The Bertz CT molecular complexity index is 392. The number of ether oxygens (including phenoxy) is 2. The summed E-state index contributed by atoms with van der Waals surface area (Å²) in [7, 11) is 0. The van der Waals surface area contributed by atoms with E-state index in [4.69, 9.17) is 4.74 Å². The molecule has 1 aromatic carbocycles. The summed E-state index contributed by atoms with van der Waals surface area (Å²) < 4.78 is 30.9.